The molecule has 1 aromatic heterocycles. The largest absolute Gasteiger partial charge is 0.480 e. The topological polar surface area (TPSA) is 77.3 Å². The van der Waals surface area contributed by atoms with Crippen LogP contribution in [0.15, 0.2) is 12.3 Å². The number of hydrogen-bond acceptors (Lipinski definition) is 5. The molecule has 0 aliphatic carbocycles. The van der Waals surface area contributed by atoms with Gasteiger partial charge >= 0.3 is 0 Å². The molecule has 0 atom stereocenters. The summed E-state index contributed by atoms with van der Waals surface area (Å²) in [4.78, 5) is 13.9. The van der Waals surface area contributed by atoms with Gasteiger partial charge in [0.15, 0.2) is 0 Å². The first-order valence-electron chi connectivity index (χ1n) is 5.01. The molecule has 1 aromatic rings. The molecule has 0 saturated heterocycles. The summed E-state index contributed by atoms with van der Waals surface area (Å²) < 4.78 is 4.99. The summed E-state index contributed by atoms with van der Waals surface area (Å²) in [7, 11) is 3.28. The molecule has 0 amide bonds. The molecule has 0 radical (unpaired) electrons. The van der Waals surface area contributed by atoms with Gasteiger partial charge < -0.3 is 10.1 Å². The molecule has 6 heteroatoms. The van der Waals surface area contributed by atoms with Crippen LogP contribution in [0.25, 0.3) is 0 Å². The molecular formula is C11H13N3O3. The predicted octanol–water partition coefficient (Wildman–Crippen LogP) is 0.959. The first kappa shape index (κ1) is 12.9. The molecule has 0 aliphatic rings. The lowest BCUT2D eigenvalue weighted by Crippen LogP contribution is -2.05. The van der Waals surface area contributed by atoms with E-state index in [0.717, 1.165) is 12.7 Å². The lowest BCUT2D eigenvalue weighted by atomic mass is 10.2. The number of aromatic nitrogens is 1. The van der Waals surface area contributed by atoms with Crippen LogP contribution in [0.3, 0.4) is 0 Å². The molecule has 1 rings (SSSR count). The summed E-state index contributed by atoms with van der Waals surface area (Å²) in [5.74, 6) is 6.00. The van der Waals surface area contributed by atoms with Gasteiger partial charge in [0, 0.05) is 19.0 Å². The highest BCUT2D eigenvalue weighted by molar-refractivity contribution is 5.47. The quantitative estimate of drug-likeness (QED) is 0.364. The Labute approximate surface area is 99.2 Å². The fraction of sp³-hybridized carbons (Fsp3) is 0.364. The van der Waals surface area contributed by atoms with E-state index >= 15 is 0 Å². The number of nitrogens with one attached hydrogen (secondary N) is 1. The zero-order valence-corrected chi connectivity index (χ0v) is 9.69. The van der Waals surface area contributed by atoms with E-state index in [4.69, 9.17) is 4.74 Å². The number of nitrogens with zero attached hydrogens (tertiary/aromatic N) is 2. The summed E-state index contributed by atoms with van der Waals surface area (Å²) in [6.07, 6.45) is 1.81. The number of nitro groups is 1. The van der Waals surface area contributed by atoms with E-state index in [-0.39, 0.29) is 5.69 Å². The zero-order chi connectivity index (χ0) is 12.7. The van der Waals surface area contributed by atoms with Crippen LogP contribution in [-0.2, 0) is 0 Å². The molecule has 0 saturated carbocycles. The van der Waals surface area contributed by atoms with Crippen molar-refractivity contribution in [1.82, 2.24) is 10.3 Å². The lowest BCUT2D eigenvalue weighted by molar-refractivity contribution is -0.385. The third-order valence-electron chi connectivity index (χ3n) is 1.96. The summed E-state index contributed by atoms with van der Waals surface area (Å²) in [6.45, 7) is 0.762. The van der Waals surface area contributed by atoms with Crippen LogP contribution in [0.2, 0.25) is 0 Å². The minimum Gasteiger partial charge on any atom is -0.480 e. The van der Waals surface area contributed by atoms with Crippen molar-refractivity contribution in [2.24, 2.45) is 0 Å². The van der Waals surface area contributed by atoms with E-state index in [1.165, 1.54) is 13.2 Å². The van der Waals surface area contributed by atoms with Crippen molar-refractivity contribution in [3.8, 4) is 17.7 Å². The number of methoxy groups -OCH3 is 1. The first-order valence-corrected chi connectivity index (χ1v) is 5.01. The zero-order valence-electron chi connectivity index (χ0n) is 9.69. The molecule has 17 heavy (non-hydrogen) atoms. The maximum atomic E-state index is 10.6. The van der Waals surface area contributed by atoms with Gasteiger partial charge in [0.2, 0.25) is 5.88 Å². The average Bonchev–Trinajstić information content (AvgIpc) is 2.34. The van der Waals surface area contributed by atoms with E-state index in [9.17, 15) is 10.1 Å². The van der Waals surface area contributed by atoms with E-state index < -0.39 is 4.92 Å². The van der Waals surface area contributed by atoms with Crippen LogP contribution < -0.4 is 10.1 Å². The fourth-order valence-corrected chi connectivity index (χ4v) is 1.14. The van der Waals surface area contributed by atoms with Gasteiger partial charge in [0.05, 0.1) is 17.6 Å². The highest BCUT2D eigenvalue weighted by Gasteiger charge is 2.10. The second kappa shape index (κ2) is 6.45. The van der Waals surface area contributed by atoms with Crippen molar-refractivity contribution in [3.05, 3.63) is 27.9 Å². The van der Waals surface area contributed by atoms with Gasteiger partial charge in [0.1, 0.15) is 6.20 Å². The molecule has 0 unspecified atom stereocenters. The van der Waals surface area contributed by atoms with Crippen LogP contribution >= 0.6 is 0 Å². The maximum Gasteiger partial charge on any atom is 0.289 e. The number of rotatable bonds is 4. The van der Waals surface area contributed by atoms with Gasteiger partial charge in [-0.15, -0.1) is 0 Å². The SMILES string of the molecule is CNCCC#Cc1cc([N+](=O)[O-])cnc1OC. The smallest absolute Gasteiger partial charge is 0.289 e. The maximum absolute atomic E-state index is 10.6. The highest BCUT2D eigenvalue weighted by atomic mass is 16.6. The summed E-state index contributed by atoms with van der Waals surface area (Å²) in [6, 6.07) is 1.36. The van der Waals surface area contributed by atoms with Gasteiger partial charge in [-0.1, -0.05) is 11.8 Å². The van der Waals surface area contributed by atoms with Crippen LogP contribution in [0.4, 0.5) is 5.69 Å². The van der Waals surface area contributed by atoms with Gasteiger partial charge in [-0.05, 0) is 7.05 Å². The number of ether oxygens (including phenoxy) is 1. The van der Waals surface area contributed by atoms with E-state index in [2.05, 4.69) is 22.1 Å². The molecule has 0 aliphatic heterocycles. The fourth-order valence-electron chi connectivity index (χ4n) is 1.14. The van der Waals surface area contributed by atoms with Crippen molar-refractivity contribution < 1.29 is 9.66 Å². The number of pyridine rings is 1. The van der Waals surface area contributed by atoms with Gasteiger partial charge in [-0.3, -0.25) is 10.1 Å². The highest BCUT2D eigenvalue weighted by Crippen LogP contribution is 2.19. The van der Waals surface area contributed by atoms with Crippen LogP contribution in [0.5, 0.6) is 5.88 Å². The van der Waals surface area contributed by atoms with Crippen molar-refractivity contribution in [2.75, 3.05) is 20.7 Å². The Morgan fingerprint density at radius 1 is 1.65 bits per heavy atom. The molecule has 0 spiro atoms. The Hall–Kier alpha value is -2.13. The van der Waals surface area contributed by atoms with Crippen molar-refractivity contribution in [2.45, 2.75) is 6.42 Å². The first-order chi connectivity index (χ1) is 8.19. The Bertz CT molecular complexity index is 463. The number of hydrogen-bond donors (Lipinski definition) is 1. The molecule has 0 bridgehead atoms. The Morgan fingerprint density at radius 2 is 2.41 bits per heavy atom. The minimum absolute atomic E-state index is 0.0938. The molecule has 0 fully saturated rings. The van der Waals surface area contributed by atoms with Gasteiger partial charge in [0.25, 0.3) is 5.69 Å². The minimum atomic E-state index is -0.509. The predicted molar refractivity (Wildman–Crippen MR) is 62.9 cm³/mol. The molecular weight excluding hydrogens is 222 g/mol. The Kier molecular flexibility index (Phi) is 4.91. The normalized spacial score (nSPS) is 9.29. The van der Waals surface area contributed by atoms with Gasteiger partial charge in [-0.25, -0.2) is 4.98 Å². The van der Waals surface area contributed by atoms with Crippen molar-refractivity contribution >= 4 is 5.69 Å². The van der Waals surface area contributed by atoms with Crippen LogP contribution in [-0.4, -0.2) is 30.6 Å². The van der Waals surface area contributed by atoms with Crippen LogP contribution in [0, 0.1) is 22.0 Å². The van der Waals surface area contributed by atoms with Gasteiger partial charge in [-0.2, -0.15) is 0 Å². The standard InChI is InChI=1S/C11H13N3O3/c1-12-6-4-3-5-9-7-10(14(15)16)8-13-11(9)17-2/h7-8,12H,4,6H2,1-2H3. The van der Waals surface area contributed by atoms with E-state index in [1.54, 1.807) is 0 Å². The average molecular weight is 235 g/mol. The summed E-state index contributed by atoms with van der Waals surface area (Å²) in [5, 5.41) is 13.6. The second-order valence-corrected chi connectivity index (χ2v) is 3.16. The molecule has 6 nitrogen and oxygen atoms in total. The van der Waals surface area contributed by atoms with E-state index in [0.29, 0.717) is 17.9 Å². The van der Waals surface area contributed by atoms with Crippen molar-refractivity contribution in [1.29, 1.82) is 0 Å². The summed E-state index contributed by atoms with van der Waals surface area (Å²) in [5.41, 5.74) is 0.335. The second-order valence-electron chi connectivity index (χ2n) is 3.16. The monoisotopic (exact) mass is 235 g/mol. The molecule has 1 N–H and O–H groups in total. The van der Waals surface area contributed by atoms with Crippen molar-refractivity contribution in [3.63, 3.8) is 0 Å². The Balaban J connectivity index is 2.96. The summed E-state index contributed by atoms with van der Waals surface area (Å²) >= 11 is 0. The Morgan fingerprint density at radius 3 is 3.00 bits per heavy atom. The molecule has 1 heterocycles. The molecule has 90 valence electrons. The molecule has 0 aromatic carbocycles. The lowest BCUT2D eigenvalue weighted by Gasteiger charge is -2.00. The van der Waals surface area contributed by atoms with E-state index in [1.807, 2.05) is 7.05 Å². The third kappa shape index (κ3) is 3.74. The third-order valence-corrected chi connectivity index (χ3v) is 1.96. The van der Waals surface area contributed by atoms with Crippen LogP contribution in [0.1, 0.15) is 12.0 Å².